The van der Waals surface area contributed by atoms with Gasteiger partial charge in [0.1, 0.15) is 0 Å². The molecule has 1 unspecified atom stereocenters. The summed E-state index contributed by atoms with van der Waals surface area (Å²) in [6.07, 6.45) is 0.425. The number of hydrogen-bond acceptors (Lipinski definition) is 4. The predicted octanol–water partition coefficient (Wildman–Crippen LogP) is 0.771. The first kappa shape index (κ1) is 12.7. The monoisotopic (exact) mass is 227 g/mol. The summed E-state index contributed by atoms with van der Waals surface area (Å²) in [6.45, 7) is 5.40. The van der Waals surface area contributed by atoms with Crippen LogP contribution in [0, 0.1) is 5.41 Å². The molecule has 0 aromatic carbocycles. The third kappa shape index (κ3) is 2.81. The van der Waals surface area contributed by atoms with E-state index in [2.05, 4.69) is 5.32 Å². The fourth-order valence-electron chi connectivity index (χ4n) is 1.23. The van der Waals surface area contributed by atoms with Crippen LogP contribution in [0.5, 0.6) is 0 Å². The molecule has 1 atom stereocenters. The summed E-state index contributed by atoms with van der Waals surface area (Å²) in [6, 6.07) is 0. The second-order valence-electron chi connectivity index (χ2n) is 4.57. The quantitative estimate of drug-likeness (QED) is 0.723. The third-order valence-electron chi connectivity index (χ3n) is 2.91. The molecule has 5 heteroatoms. The largest absolute Gasteiger partial charge is 0.452 e. The summed E-state index contributed by atoms with van der Waals surface area (Å²) in [4.78, 5) is 34.0. The van der Waals surface area contributed by atoms with Crippen molar-refractivity contribution in [2.24, 2.45) is 5.41 Å². The van der Waals surface area contributed by atoms with Crippen molar-refractivity contribution in [1.29, 1.82) is 0 Å². The van der Waals surface area contributed by atoms with Gasteiger partial charge in [-0.3, -0.25) is 19.7 Å². The molecule has 1 aliphatic rings. The van der Waals surface area contributed by atoms with Crippen molar-refractivity contribution in [2.45, 2.75) is 46.1 Å². The van der Waals surface area contributed by atoms with Crippen molar-refractivity contribution in [2.75, 3.05) is 0 Å². The van der Waals surface area contributed by atoms with Crippen LogP contribution in [0.15, 0.2) is 0 Å². The summed E-state index contributed by atoms with van der Waals surface area (Å²) in [5.74, 6) is -1.23. The molecule has 1 N–H and O–H groups in total. The molecule has 1 rings (SSSR count). The van der Waals surface area contributed by atoms with E-state index >= 15 is 0 Å². The summed E-state index contributed by atoms with van der Waals surface area (Å²) < 4.78 is 4.77. The van der Waals surface area contributed by atoms with Gasteiger partial charge in [-0.1, -0.05) is 20.8 Å². The van der Waals surface area contributed by atoms with Crippen molar-refractivity contribution in [3.8, 4) is 0 Å². The number of cyclic esters (lactones) is 1. The average molecular weight is 227 g/mol. The molecule has 90 valence electrons. The van der Waals surface area contributed by atoms with Gasteiger partial charge < -0.3 is 4.74 Å². The smallest absolute Gasteiger partial charge is 0.306 e. The lowest BCUT2D eigenvalue weighted by Gasteiger charge is -2.21. The van der Waals surface area contributed by atoms with Crippen LogP contribution in [0.3, 0.4) is 0 Å². The van der Waals surface area contributed by atoms with E-state index in [1.54, 1.807) is 13.8 Å². The van der Waals surface area contributed by atoms with Gasteiger partial charge >= 0.3 is 5.97 Å². The lowest BCUT2D eigenvalue weighted by Crippen LogP contribution is -2.44. The molecule has 1 heterocycles. The molecule has 2 amide bonds. The van der Waals surface area contributed by atoms with E-state index in [9.17, 15) is 14.4 Å². The number of esters is 1. The molecule has 16 heavy (non-hydrogen) atoms. The molecule has 0 radical (unpaired) electrons. The fourth-order valence-corrected chi connectivity index (χ4v) is 1.23. The Morgan fingerprint density at radius 2 is 2.12 bits per heavy atom. The summed E-state index contributed by atoms with van der Waals surface area (Å²) >= 11 is 0. The van der Waals surface area contributed by atoms with Crippen molar-refractivity contribution >= 4 is 17.8 Å². The Labute approximate surface area is 94.5 Å². The number of rotatable bonds is 3. The number of carbonyl (C=O) groups excluding carboxylic acids is 3. The van der Waals surface area contributed by atoms with Gasteiger partial charge in [-0.25, -0.2) is 0 Å². The average Bonchev–Trinajstić information content (AvgIpc) is 2.64. The molecular weight excluding hydrogens is 210 g/mol. The maximum Gasteiger partial charge on any atom is 0.306 e. The van der Waals surface area contributed by atoms with E-state index in [-0.39, 0.29) is 18.3 Å². The van der Waals surface area contributed by atoms with Crippen LogP contribution < -0.4 is 5.32 Å². The number of hydrogen-bond donors (Lipinski definition) is 1. The molecule has 0 saturated carbocycles. The van der Waals surface area contributed by atoms with Crippen LogP contribution in [0.2, 0.25) is 0 Å². The van der Waals surface area contributed by atoms with E-state index in [1.807, 2.05) is 6.92 Å². The zero-order valence-electron chi connectivity index (χ0n) is 9.83. The van der Waals surface area contributed by atoms with Gasteiger partial charge in [0, 0.05) is 18.3 Å². The Bertz CT molecular complexity index is 322. The topological polar surface area (TPSA) is 72.5 Å². The van der Waals surface area contributed by atoms with Crippen molar-refractivity contribution in [3.63, 3.8) is 0 Å². The van der Waals surface area contributed by atoms with E-state index < -0.39 is 17.4 Å². The minimum Gasteiger partial charge on any atom is -0.452 e. The van der Waals surface area contributed by atoms with Crippen LogP contribution in [0.4, 0.5) is 0 Å². The molecule has 0 spiro atoms. The van der Waals surface area contributed by atoms with Crippen molar-refractivity contribution in [1.82, 2.24) is 5.32 Å². The molecule has 0 bridgehead atoms. The second kappa shape index (κ2) is 4.63. The first-order valence-electron chi connectivity index (χ1n) is 5.41. The van der Waals surface area contributed by atoms with E-state index in [1.165, 1.54) is 0 Å². The number of carbonyl (C=O) groups is 3. The minimum atomic E-state index is -0.802. The van der Waals surface area contributed by atoms with E-state index in [0.717, 1.165) is 0 Å². The molecule has 1 fully saturated rings. The number of ether oxygens (including phenoxy) is 1. The van der Waals surface area contributed by atoms with Gasteiger partial charge in [0.2, 0.25) is 5.91 Å². The Morgan fingerprint density at radius 3 is 2.56 bits per heavy atom. The highest BCUT2D eigenvalue weighted by Crippen LogP contribution is 2.20. The summed E-state index contributed by atoms with van der Waals surface area (Å²) in [7, 11) is 0. The summed E-state index contributed by atoms with van der Waals surface area (Å²) in [5, 5.41) is 2.28. The number of amides is 2. The second-order valence-corrected chi connectivity index (χ2v) is 4.57. The lowest BCUT2D eigenvalue weighted by atomic mass is 9.89. The molecule has 0 aromatic rings. The molecule has 5 nitrogen and oxygen atoms in total. The first-order chi connectivity index (χ1) is 7.36. The van der Waals surface area contributed by atoms with Gasteiger partial charge in [-0.2, -0.15) is 0 Å². The number of nitrogens with one attached hydrogen (secondary N) is 1. The molecule has 1 saturated heterocycles. The van der Waals surface area contributed by atoms with Crippen molar-refractivity contribution < 1.29 is 19.1 Å². The fraction of sp³-hybridized carbons (Fsp3) is 0.727. The van der Waals surface area contributed by atoms with Crippen molar-refractivity contribution in [3.05, 3.63) is 0 Å². The molecule has 0 aliphatic carbocycles. The standard InChI is InChI=1S/C11H17NO4/c1-4-11(2,3)10(15)12-9(14)7-5-6-8(13)16-7/h7H,4-6H2,1-3H3,(H,12,14,15). The molecular formula is C11H17NO4. The lowest BCUT2D eigenvalue weighted by molar-refractivity contribution is -0.150. The van der Waals surface area contributed by atoms with Crippen LogP contribution >= 0.6 is 0 Å². The molecule has 1 aliphatic heterocycles. The van der Waals surface area contributed by atoms with Crippen LogP contribution in [-0.4, -0.2) is 23.9 Å². The Morgan fingerprint density at radius 1 is 1.50 bits per heavy atom. The van der Waals surface area contributed by atoms with Gasteiger partial charge in [0.25, 0.3) is 5.91 Å². The van der Waals surface area contributed by atoms with Gasteiger partial charge in [0.05, 0.1) is 0 Å². The Kier molecular flexibility index (Phi) is 3.67. The highest BCUT2D eigenvalue weighted by atomic mass is 16.6. The van der Waals surface area contributed by atoms with Crippen LogP contribution in [-0.2, 0) is 19.1 Å². The Balaban J connectivity index is 2.52. The van der Waals surface area contributed by atoms with Gasteiger partial charge in [-0.05, 0) is 6.42 Å². The zero-order valence-corrected chi connectivity index (χ0v) is 9.83. The van der Waals surface area contributed by atoms with E-state index in [0.29, 0.717) is 12.8 Å². The van der Waals surface area contributed by atoms with Crippen LogP contribution in [0.1, 0.15) is 40.0 Å². The molecule has 0 aromatic heterocycles. The highest BCUT2D eigenvalue weighted by molar-refractivity contribution is 6.00. The maximum absolute atomic E-state index is 11.7. The van der Waals surface area contributed by atoms with Crippen LogP contribution in [0.25, 0.3) is 0 Å². The predicted molar refractivity (Wildman–Crippen MR) is 56.3 cm³/mol. The van der Waals surface area contributed by atoms with Gasteiger partial charge in [0.15, 0.2) is 6.10 Å². The normalized spacial score (nSPS) is 20.4. The SMILES string of the molecule is CCC(C)(C)C(=O)NC(=O)C1CCC(=O)O1. The zero-order chi connectivity index (χ0) is 12.3. The summed E-state index contributed by atoms with van der Waals surface area (Å²) in [5.41, 5.74) is -0.585. The first-order valence-corrected chi connectivity index (χ1v) is 5.41. The Hall–Kier alpha value is -1.39. The third-order valence-corrected chi connectivity index (χ3v) is 2.91. The highest BCUT2D eigenvalue weighted by Gasteiger charge is 2.33. The maximum atomic E-state index is 11.7. The number of imide groups is 1. The minimum absolute atomic E-state index is 0.240. The van der Waals surface area contributed by atoms with Gasteiger partial charge in [-0.15, -0.1) is 0 Å². The van der Waals surface area contributed by atoms with E-state index in [4.69, 9.17) is 4.74 Å².